The smallest absolute Gasteiger partial charge is 0.357 e. The SMILES string of the molecule is CCOC(=O)c1nccc(C#N)c1C. The van der Waals surface area contributed by atoms with Crippen molar-refractivity contribution in [3.05, 3.63) is 29.1 Å². The summed E-state index contributed by atoms with van der Waals surface area (Å²) in [7, 11) is 0. The first-order valence-electron chi connectivity index (χ1n) is 4.23. The van der Waals surface area contributed by atoms with Crippen LogP contribution in [0.1, 0.15) is 28.5 Å². The number of hydrogen-bond donors (Lipinski definition) is 0. The molecule has 0 spiro atoms. The third kappa shape index (κ3) is 1.88. The van der Waals surface area contributed by atoms with Crippen LogP contribution in [0.3, 0.4) is 0 Å². The van der Waals surface area contributed by atoms with Crippen LogP contribution in [0.4, 0.5) is 0 Å². The third-order valence-electron chi connectivity index (χ3n) is 1.79. The van der Waals surface area contributed by atoms with Crippen LogP contribution >= 0.6 is 0 Å². The van der Waals surface area contributed by atoms with Crippen molar-refractivity contribution in [2.45, 2.75) is 13.8 Å². The topological polar surface area (TPSA) is 63.0 Å². The van der Waals surface area contributed by atoms with E-state index in [4.69, 9.17) is 10.00 Å². The van der Waals surface area contributed by atoms with Crippen LogP contribution in [0.25, 0.3) is 0 Å². The van der Waals surface area contributed by atoms with Gasteiger partial charge in [0.2, 0.25) is 0 Å². The van der Waals surface area contributed by atoms with E-state index in [1.807, 2.05) is 6.07 Å². The maximum atomic E-state index is 11.3. The minimum Gasteiger partial charge on any atom is -0.461 e. The van der Waals surface area contributed by atoms with E-state index in [2.05, 4.69) is 4.98 Å². The van der Waals surface area contributed by atoms with Crippen LogP contribution in [-0.2, 0) is 4.74 Å². The summed E-state index contributed by atoms with van der Waals surface area (Å²) >= 11 is 0. The molecule has 0 aromatic carbocycles. The molecule has 72 valence electrons. The first-order valence-corrected chi connectivity index (χ1v) is 4.23. The molecule has 1 rings (SSSR count). The zero-order chi connectivity index (χ0) is 10.6. The van der Waals surface area contributed by atoms with Gasteiger partial charge in [0.05, 0.1) is 18.2 Å². The number of carbonyl (C=O) groups excluding carboxylic acids is 1. The number of hydrogen-bond acceptors (Lipinski definition) is 4. The Morgan fingerprint density at radius 2 is 2.43 bits per heavy atom. The molecule has 0 saturated heterocycles. The first-order chi connectivity index (χ1) is 6.70. The minimum atomic E-state index is -0.484. The highest BCUT2D eigenvalue weighted by molar-refractivity contribution is 5.89. The zero-order valence-electron chi connectivity index (χ0n) is 8.07. The number of nitrogens with zero attached hydrogens (tertiary/aromatic N) is 2. The van der Waals surface area contributed by atoms with E-state index in [9.17, 15) is 4.79 Å². The zero-order valence-corrected chi connectivity index (χ0v) is 8.07. The average Bonchev–Trinajstić information content (AvgIpc) is 2.18. The highest BCUT2D eigenvalue weighted by Gasteiger charge is 2.13. The molecule has 0 radical (unpaired) electrons. The van der Waals surface area contributed by atoms with Crippen molar-refractivity contribution in [1.82, 2.24) is 4.98 Å². The van der Waals surface area contributed by atoms with Gasteiger partial charge in [0.25, 0.3) is 0 Å². The Bertz CT molecular complexity index is 394. The molecule has 1 aromatic rings. The van der Waals surface area contributed by atoms with Gasteiger partial charge in [-0.05, 0) is 25.5 Å². The lowest BCUT2D eigenvalue weighted by Gasteiger charge is -2.04. The van der Waals surface area contributed by atoms with Crippen molar-refractivity contribution in [2.24, 2.45) is 0 Å². The molecule has 4 heteroatoms. The third-order valence-corrected chi connectivity index (χ3v) is 1.79. The van der Waals surface area contributed by atoms with Crippen LogP contribution in [0.5, 0.6) is 0 Å². The number of ether oxygens (including phenoxy) is 1. The molecule has 0 unspecified atom stereocenters. The van der Waals surface area contributed by atoms with Crippen molar-refractivity contribution in [3.8, 4) is 6.07 Å². The highest BCUT2D eigenvalue weighted by atomic mass is 16.5. The predicted molar refractivity (Wildman–Crippen MR) is 49.6 cm³/mol. The lowest BCUT2D eigenvalue weighted by Crippen LogP contribution is -2.09. The Morgan fingerprint density at radius 3 is 3.00 bits per heavy atom. The van der Waals surface area contributed by atoms with E-state index in [1.54, 1.807) is 19.9 Å². The highest BCUT2D eigenvalue weighted by Crippen LogP contribution is 2.10. The summed E-state index contributed by atoms with van der Waals surface area (Å²) < 4.78 is 4.80. The molecule has 0 aliphatic carbocycles. The second-order valence-electron chi connectivity index (χ2n) is 2.66. The van der Waals surface area contributed by atoms with Gasteiger partial charge < -0.3 is 4.74 Å². The standard InChI is InChI=1S/C10H10N2O2/c1-3-14-10(13)9-7(2)8(6-11)4-5-12-9/h4-5H,3H2,1-2H3. The molecule has 0 aliphatic rings. The molecule has 0 atom stereocenters. The fourth-order valence-electron chi connectivity index (χ4n) is 1.06. The van der Waals surface area contributed by atoms with E-state index in [-0.39, 0.29) is 5.69 Å². The van der Waals surface area contributed by atoms with Gasteiger partial charge in [-0.3, -0.25) is 0 Å². The predicted octanol–water partition coefficient (Wildman–Crippen LogP) is 1.44. The van der Waals surface area contributed by atoms with E-state index < -0.39 is 5.97 Å². The quantitative estimate of drug-likeness (QED) is 0.662. The fourth-order valence-corrected chi connectivity index (χ4v) is 1.06. The Hall–Kier alpha value is -1.89. The summed E-state index contributed by atoms with van der Waals surface area (Å²) in [6.07, 6.45) is 1.43. The summed E-state index contributed by atoms with van der Waals surface area (Å²) in [6.45, 7) is 3.70. The number of esters is 1. The molecular weight excluding hydrogens is 180 g/mol. The van der Waals surface area contributed by atoms with E-state index in [1.165, 1.54) is 6.20 Å². The van der Waals surface area contributed by atoms with Crippen molar-refractivity contribution in [3.63, 3.8) is 0 Å². The van der Waals surface area contributed by atoms with Gasteiger partial charge in [0.15, 0.2) is 5.69 Å². The second-order valence-corrected chi connectivity index (χ2v) is 2.66. The van der Waals surface area contributed by atoms with Gasteiger partial charge in [-0.25, -0.2) is 9.78 Å². The average molecular weight is 190 g/mol. The van der Waals surface area contributed by atoms with Crippen LogP contribution in [0, 0.1) is 18.3 Å². The Balaban J connectivity index is 3.11. The number of rotatable bonds is 2. The summed E-state index contributed by atoms with van der Waals surface area (Å²) in [4.78, 5) is 15.2. The Labute approximate surface area is 82.1 Å². The lowest BCUT2D eigenvalue weighted by molar-refractivity contribution is 0.0518. The van der Waals surface area contributed by atoms with Gasteiger partial charge in [0, 0.05) is 6.20 Å². The second kappa shape index (κ2) is 4.38. The number of carbonyl (C=O) groups is 1. The first kappa shape index (κ1) is 10.2. The largest absolute Gasteiger partial charge is 0.461 e. The molecule has 0 aliphatic heterocycles. The van der Waals surface area contributed by atoms with Crippen LogP contribution < -0.4 is 0 Å². The molecule has 0 fully saturated rings. The maximum absolute atomic E-state index is 11.3. The summed E-state index contributed by atoms with van der Waals surface area (Å²) in [5.74, 6) is -0.484. The van der Waals surface area contributed by atoms with Gasteiger partial charge in [0.1, 0.15) is 0 Å². The molecular formula is C10H10N2O2. The molecule has 1 aromatic heterocycles. The van der Waals surface area contributed by atoms with Gasteiger partial charge in [-0.15, -0.1) is 0 Å². The summed E-state index contributed by atoms with van der Waals surface area (Å²) in [5.41, 5.74) is 1.22. The molecule has 0 saturated carbocycles. The van der Waals surface area contributed by atoms with E-state index in [0.29, 0.717) is 17.7 Å². The van der Waals surface area contributed by atoms with Gasteiger partial charge >= 0.3 is 5.97 Å². The number of nitriles is 1. The summed E-state index contributed by atoms with van der Waals surface area (Å²) in [5, 5.41) is 8.72. The van der Waals surface area contributed by atoms with E-state index >= 15 is 0 Å². The summed E-state index contributed by atoms with van der Waals surface area (Å²) in [6, 6.07) is 3.55. The minimum absolute atomic E-state index is 0.214. The molecule has 4 nitrogen and oxygen atoms in total. The number of pyridine rings is 1. The van der Waals surface area contributed by atoms with Gasteiger partial charge in [-0.2, -0.15) is 5.26 Å². The van der Waals surface area contributed by atoms with Crippen molar-refractivity contribution in [1.29, 1.82) is 5.26 Å². The molecule has 0 N–H and O–H groups in total. The lowest BCUT2D eigenvalue weighted by atomic mass is 10.1. The van der Waals surface area contributed by atoms with Crippen molar-refractivity contribution >= 4 is 5.97 Å². The maximum Gasteiger partial charge on any atom is 0.357 e. The normalized spacial score (nSPS) is 9.21. The van der Waals surface area contributed by atoms with E-state index in [0.717, 1.165) is 0 Å². The molecule has 14 heavy (non-hydrogen) atoms. The Morgan fingerprint density at radius 1 is 1.71 bits per heavy atom. The fraction of sp³-hybridized carbons (Fsp3) is 0.300. The van der Waals surface area contributed by atoms with Crippen LogP contribution in [-0.4, -0.2) is 17.6 Å². The number of aromatic nitrogens is 1. The van der Waals surface area contributed by atoms with Crippen LogP contribution in [0.15, 0.2) is 12.3 Å². The van der Waals surface area contributed by atoms with Crippen LogP contribution in [0.2, 0.25) is 0 Å². The molecule has 0 bridgehead atoms. The Kier molecular flexibility index (Phi) is 3.19. The monoisotopic (exact) mass is 190 g/mol. The molecule has 1 heterocycles. The molecule has 0 amide bonds. The van der Waals surface area contributed by atoms with Crippen molar-refractivity contribution < 1.29 is 9.53 Å². The van der Waals surface area contributed by atoms with Crippen molar-refractivity contribution in [2.75, 3.05) is 6.61 Å². The van der Waals surface area contributed by atoms with Gasteiger partial charge in [-0.1, -0.05) is 0 Å².